The van der Waals surface area contributed by atoms with Crippen LogP contribution in [0, 0.1) is 0 Å². The van der Waals surface area contributed by atoms with Crippen LogP contribution in [0.15, 0.2) is 24.3 Å². The second-order valence-electron chi connectivity index (χ2n) is 5.42. The molecule has 0 unspecified atom stereocenters. The zero-order valence-corrected chi connectivity index (χ0v) is 12.7. The summed E-state index contributed by atoms with van der Waals surface area (Å²) >= 11 is 0. The lowest BCUT2D eigenvalue weighted by molar-refractivity contribution is -0.915. The number of ether oxygens (including phenoxy) is 3. The van der Waals surface area contributed by atoms with Crippen molar-refractivity contribution in [3.05, 3.63) is 24.3 Å². The van der Waals surface area contributed by atoms with E-state index >= 15 is 0 Å². The van der Waals surface area contributed by atoms with Crippen LogP contribution in [0.25, 0.3) is 0 Å². The molecular formula is C16H26NO3+. The molecule has 1 aliphatic heterocycles. The van der Waals surface area contributed by atoms with Gasteiger partial charge in [-0.05, 0) is 32.9 Å². The van der Waals surface area contributed by atoms with Crippen molar-refractivity contribution in [1.29, 1.82) is 0 Å². The molecule has 0 aromatic heterocycles. The molecule has 20 heavy (non-hydrogen) atoms. The maximum absolute atomic E-state index is 5.82. The van der Waals surface area contributed by atoms with Crippen molar-refractivity contribution in [3.63, 3.8) is 0 Å². The molecule has 0 aliphatic carbocycles. The molecule has 4 heteroatoms. The van der Waals surface area contributed by atoms with E-state index in [2.05, 4.69) is 13.8 Å². The molecule has 1 heterocycles. The van der Waals surface area contributed by atoms with E-state index in [-0.39, 0.29) is 0 Å². The van der Waals surface area contributed by atoms with Crippen LogP contribution in [-0.2, 0) is 4.74 Å². The van der Waals surface area contributed by atoms with Gasteiger partial charge in [0.15, 0.2) is 0 Å². The lowest BCUT2D eigenvalue weighted by atomic mass is 10.2. The molecule has 1 aromatic rings. The standard InChI is InChI=1S/C16H25NO3/c1-4-18-15-6-5-7-16(10-15)19-9-8-17-11-13(2)20-14(3)12-17/h5-7,10,13-14H,4,8-9,11-12H2,1-3H3/p+1/t13-,14-/m1/s1. The lowest BCUT2D eigenvalue weighted by Gasteiger charge is -2.32. The second kappa shape index (κ2) is 7.50. The summed E-state index contributed by atoms with van der Waals surface area (Å²) in [5, 5.41) is 0. The zero-order valence-electron chi connectivity index (χ0n) is 12.7. The van der Waals surface area contributed by atoms with Gasteiger partial charge >= 0.3 is 0 Å². The number of nitrogens with one attached hydrogen (secondary N) is 1. The third-order valence-electron chi connectivity index (χ3n) is 3.46. The molecule has 1 aliphatic rings. The summed E-state index contributed by atoms with van der Waals surface area (Å²) in [4.78, 5) is 1.55. The molecular weight excluding hydrogens is 254 g/mol. The van der Waals surface area contributed by atoms with E-state index in [0.717, 1.165) is 37.7 Å². The number of benzene rings is 1. The highest BCUT2D eigenvalue weighted by Gasteiger charge is 2.25. The Bertz CT molecular complexity index is 400. The predicted octanol–water partition coefficient (Wildman–Crippen LogP) is 1.16. The maximum atomic E-state index is 5.82. The molecule has 2 rings (SSSR count). The summed E-state index contributed by atoms with van der Waals surface area (Å²) in [7, 11) is 0. The largest absolute Gasteiger partial charge is 0.494 e. The van der Waals surface area contributed by atoms with Gasteiger partial charge in [0.2, 0.25) is 0 Å². The molecule has 0 bridgehead atoms. The van der Waals surface area contributed by atoms with Crippen molar-refractivity contribution in [2.24, 2.45) is 0 Å². The minimum atomic E-state index is 0.343. The molecule has 0 radical (unpaired) electrons. The van der Waals surface area contributed by atoms with E-state index in [1.165, 1.54) is 0 Å². The Balaban J connectivity index is 1.76. The van der Waals surface area contributed by atoms with Crippen molar-refractivity contribution >= 4 is 0 Å². The average Bonchev–Trinajstić information content (AvgIpc) is 2.38. The van der Waals surface area contributed by atoms with Gasteiger partial charge in [-0.25, -0.2) is 0 Å². The predicted molar refractivity (Wildman–Crippen MR) is 78.7 cm³/mol. The zero-order chi connectivity index (χ0) is 14.4. The fourth-order valence-electron chi connectivity index (χ4n) is 2.73. The third-order valence-corrected chi connectivity index (χ3v) is 3.46. The van der Waals surface area contributed by atoms with Crippen molar-refractivity contribution < 1.29 is 19.1 Å². The Morgan fingerprint density at radius 2 is 1.80 bits per heavy atom. The number of quaternary nitrogens is 1. The van der Waals surface area contributed by atoms with Crippen LogP contribution < -0.4 is 14.4 Å². The van der Waals surface area contributed by atoms with Crippen LogP contribution in [0.3, 0.4) is 0 Å². The molecule has 112 valence electrons. The topological polar surface area (TPSA) is 32.1 Å². The number of rotatable bonds is 6. The first kappa shape index (κ1) is 15.1. The monoisotopic (exact) mass is 280 g/mol. The van der Waals surface area contributed by atoms with E-state index in [0.29, 0.717) is 18.8 Å². The fraction of sp³-hybridized carbons (Fsp3) is 0.625. The Hall–Kier alpha value is -1.26. The van der Waals surface area contributed by atoms with Gasteiger partial charge < -0.3 is 19.1 Å². The molecule has 4 nitrogen and oxygen atoms in total. The summed E-state index contributed by atoms with van der Waals surface area (Å²) in [5.74, 6) is 1.75. The summed E-state index contributed by atoms with van der Waals surface area (Å²) in [6, 6.07) is 7.84. The Morgan fingerprint density at radius 1 is 1.15 bits per heavy atom. The highest BCUT2D eigenvalue weighted by Crippen LogP contribution is 2.18. The summed E-state index contributed by atoms with van der Waals surface area (Å²) in [6.45, 7) is 10.8. The van der Waals surface area contributed by atoms with Gasteiger partial charge in [0.25, 0.3) is 0 Å². The van der Waals surface area contributed by atoms with E-state index in [1.54, 1.807) is 4.90 Å². The van der Waals surface area contributed by atoms with Crippen LogP contribution in [0.1, 0.15) is 20.8 Å². The lowest BCUT2D eigenvalue weighted by Crippen LogP contribution is -3.16. The Kier molecular flexibility index (Phi) is 5.68. The van der Waals surface area contributed by atoms with Gasteiger partial charge in [0, 0.05) is 6.07 Å². The van der Waals surface area contributed by atoms with Crippen LogP contribution in [-0.4, -0.2) is 45.1 Å². The Labute approximate surface area is 121 Å². The average molecular weight is 280 g/mol. The maximum Gasteiger partial charge on any atom is 0.137 e. The first-order valence-electron chi connectivity index (χ1n) is 7.52. The number of hydrogen-bond donors (Lipinski definition) is 1. The third kappa shape index (κ3) is 4.69. The molecule has 1 aromatic carbocycles. The fourth-order valence-corrected chi connectivity index (χ4v) is 2.73. The molecule has 1 saturated heterocycles. The van der Waals surface area contributed by atoms with Crippen LogP contribution in [0.5, 0.6) is 11.5 Å². The van der Waals surface area contributed by atoms with Gasteiger partial charge in [-0.15, -0.1) is 0 Å². The van der Waals surface area contributed by atoms with Crippen LogP contribution in [0.4, 0.5) is 0 Å². The first-order chi connectivity index (χ1) is 9.67. The summed E-state index contributed by atoms with van der Waals surface area (Å²) < 4.78 is 17.0. The molecule has 1 fully saturated rings. The minimum Gasteiger partial charge on any atom is -0.494 e. The van der Waals surface area contributed by atoms with Gasteiger partial charge in [0.1, 0.15) is 49.9 Å². The minimum absolute atomic E-state index is 0.343. The van der Waals surface area contributed by atoms with Gasteiger partial charge in [-0.2, -0.15) is 0 Å². The van der Waals surface area contributed by atoms with Crippen molar-refractivity contribution in [2.45, 2.75) is 33.0 Å². The molecule has 1 N–H and O–H groups in total. The number of morpholine rings is 1. The van der Waals surface area contributed by atoms with Crippen molar-refractivity contribution in [3.8, 4) is 11.5 Å². The van der Waals surface area contributed by atoms with Crippen molar-refractivity contribution in [2.75, 3.05) is 32.8 Å². The van der Waals surface area contributed by atoms with E-state index in [9.17, 15) is 0 Å². The van der Waals surface area contributed by atoms with Gasteiger partial charge in [-0.1, -0.05) is 6.07 Å². The smallest absolute Gasteiger partial charge is 0.137 e. The summed E-state index contributed by atoms with van der Waals surface area (Å²) in [6.07, 6.45) is 0.685. The van der Waals surface area contributed by atoms with Crippen LogP contribution >= 0.6 is 0 Å². The SMILES string of the molecule is CCOc1cccc(OCC[NH+]2C[C@@H](C)O[C@H](C)C2)c1. The van der Waals surface area contributed by atoms with Gasteiger partial charge in [-0.3, -0.25) is 0 Å². The Morgan fingerprint density at radius 3 is 2.45 bits per heavy atom. The summed E-state index contributed by atoms with van der Waals surface area (Å²) in [5.41, 5.74) is 0. The number of hydrogen-bond acceptors (Lipinski definition) is 3. The van der Waals surface area contributed by atoms with E-state index in [1.807, 2.05) is 31.2 Å². The first-order valence-corrected chi connectivity index (χ1v) is 7.52. The van der Waals surface area contributed by atoms with Gasteiger partial charge in [0.05, 0.1) is 6.61 Å². The normalized spacial score (nSPS) is 26.2. The molecule has 2 atom stereocenters. The molecule has 0 amide bonds. The van der Waals surface area contributed by atoms with Crippen molar-refractivity contribution in [1.82, 2.24) is 0 Å². The highest BCUT2D eigenvalue weighted by molar-refractivity contribution is 5.32. The van der Waals surface area contributed by atoms with E-state index < -0.39 is 0 Å². The molecule has 0 saturated carbocycles. The quantitative estimate of drug-likeness (QED) is 0.848. The van der Waals surface area contributed by atoms with E-state index in [4.69, 9.17) is 14.2 Å². The molecule has 0 spiro atoms. The highest BCUT2D eigenvalue weighted by atomic mass is 16.5. The van der Waals surface area contributed by atoms with Crippen LogP contribution in [0.2, 0.25) is 0 Å². The second-order valence-corrected chi connectivity index (χ2v) is 5.42.